The van der Waals surface area contributed by atoms with Gasteiger partial charge in [0.05, 0.1) is 0 Å². The number of hydrogen-bond acceptors (Lipinski definition) is 4. The SMILES string of the molecule is Cc1ccc(NCc2ccc(O)c(O)c2O)c(Br)c1. The Labute approximate surface area is 119 Å². The molecule has 0 atom stereocenters. The van der Waals surface area contributed by atoms with Crippen LogP contribution >= 0.6 is 15.9 Å². The zero-order chi connectivity index (χ0) is 14.0. The maximum absolute atomic E-state index is 9.71. The average molecular weight is 324 g/mol. The van der Waals surface area contributed by atoms with E-state index in [9.17, 15) is 15.3 Å². The number of anilines is 1. The van der Waals surface area contributed by atoms with Gasteiger partial charge in [-0.05, 0) is 52.7 Å². The smallest absolute Gasteiger partial charge is 0.200 e. The Balaban J connectivity index is 2.17. The molecule has 0 unspecified atom stereocenters. The number of nitrogens with one attached hydrogen (secondary N) is 1. The van der Waals surface area contributed by atoms with E-state index in [-0.39, 0.29) is 11.5 Å². The van der Waals surface area contributed by atoms with Crippen molar-refractivity contribution in [1.29, 1.82) is 0 Å². The zero-order valence-electron chi connectivity index (χ0n) is 10.3. The van der Waals surface area contributed by atoms with Gasteiger partial charge in [0.25, 0.3) is 0 Å². The van der Waals surface area contributed by atoms with Crippen molar-refractivity contribution in [3.05, 3.63) is 45.9 Å². The molecule has 0 aromatic heterocycles. The first-order chi connectivity index (χ1) is 8.99. The van der Waals surface area contributed by atoms with E-state index in [1.807, 2.05) is 25.1 Å². The van der Waals surface area contributed by atoms with Crippen molar-refractivity contribution >= 4 is 21.6 Å². The van der Waals surface area contributed by atoms with E-state index in [4.69, 9.17) is 0 Å². The Morgan fingerprint density at radius 1 is 1.05 bits per heavy atom. The number of benzene rings is 2. The molecule has 0 aliphatic rings. The van der Waals surface area contributed by atoms with E-state index in [1.165, 1.54) is 6.07 Å². The van der Waals surface area contributed by atoms with Crippen molar-refractivity contribution in [2.24, 2.45) is 0 Å². The number of aromatic hydroxyl groups is 3. The monoisotopic (exact) mass is 323 g/mol. The number of rotatable bonds is 3. The second-order valence-electron chi connectivity index (χ2n) is 4.28. The van der Waals surface area contributed by atoms with Gasteiger partial charge in [0.15, 0.2) is 11.5 Å². The molecule has 0 fully saturated rings. The lowest BCUT2D eigenvalue weighted by atomic mass is 10.1. The van der Waals surface area contributed by atoms with Crippen LogP contribution in [0.2, 0.25) is 0 Å². The molecule has 0 bridgehead atoms. The molecular weight excluding hydrogens is 310 g/mol. The summed E-state index contributed by atoms with van der Waals surface area (Å²) in [7, 11) is 0. The van der Waals surface area contributed by atoms with Crippen LogP contribution in [0.15, 0.2) is 34.8 Å². The Morgan fingerprint density at radius 3 is 2.47 bits per heavy atom. The third-order valence-electron chi connectivity index (χ3n) is 2.81. The van der Waals surface area contributed by atoms with Gasteiger partial charge >= 0.3 is 0 Å². The van der Waals surface area contributed by atoms with Crippen molar-refractivity contribution in [2.75, 3.05) is 5.32 Å². The van der Waals surface area contributed by atoms with Crippen LogP contribution in [-0.2, 0) is 6.54 Å². The van der Waals surface area contributed by atoms with Crippen LogP contribution in [-0.4, -0.2) is 15.3 Å². The molecule has 4 nitrogen and oxygen atoms in total. The van der Waals surface area contributed by atoms with Crippen LogP contribution < -0.4 is 5.32 Å². The van der Waals surface area contributed by atoms with Gasteiger partial charge in [0.2, 0.25) is 5.75 Å². The number of aryl methyl sites for hydroxylation is 1. The lowest BCUT2D eigenvalue weighted by Crippen LogP contribution is -2.00. The standard InChI is InChI=1S/C14H14BrNO3/c1-8-2-4-11(10(15)6-8)16-7-9-3-5-12(17)14(19)13(9)18/h2-6,16-19H,7H2,1H3. The van der Waals surface area contributed by atoms with Gasteiger partial charge in [-0.3, -0.25) is 0 Å². The number of halogens is 1. The predicted molar refractivity (Wildman–Crippen MR) is 77.6 cm³/mol. The quantitative estimate of drug-likeness (QED) is 0.652. The van der Waals surface area contributed by atoms with E-state index < -0.39 is 5.75 Å². The highest BCUT2D eigenvalue weighted by atomic mass is 79.9. The summed E-state index contributed by atoms with van der Waals surface area (Å²) in [6.45, 7) is 2.33. The molecule has 2 rings (SSSR count). The molecule has 0 saturated heterocycles. The molecule has 4 N–H and O–H groups in total. The molecule has 0 radical (unpaired) electrons. The van der Waals surface area contributed by atoms with Gasteiger partial charge < -0.3 is 20.6 Å². The fourth-order valence-electron chi connectivity index (χ4n) is 1.71. The topological polar surface area (TPSA) is 72.7 Å². The summed E-state index contributed by atoms with van der Waals surface area (Å²) in [5.41, 5.74) is 2.53. The van der Waals surface area contributed by atoms with Crippen LogP contribution in [0.4, 0.5) is 5.69 Å². The maximum Gasteiger partial charge on any atom is 0.200 e. The molecule has 0 spiro atoms. The van der Waals surface area contributed by atoms with Gasteiger partial charge in [-0.1, -0.05) is 6.07 Å². The second kappa shape index (κ2) is 5.40. The van der Waals surface area contributed by atoms with Crippen LogP contribution in [0.3, 0.4) is 0 Å². The lowest BCUT2D eigenvalue weighted by Gasteiger charge is -2.11. The number of hydrogen-bond donors (Lipinski definition) is 4. The minimum Gasteiger partial charge on any atom is -0.504 e. The summed E-state index contributed by atoms with van der Waals surface area (Å²) in [6, 6.07) is 8.78. The fraction of sp³-hybridized carbons (Fsp3) is 0.143. The first kappa shape index (κ1) is 13.5. The minimum atomic E-state index is -0.498. The molecule has 0 heterocycles. The van der Waals surface area contributed by atoms with Crippen molar-refractivity contribution in [2.45, 2.75) is 13.5 Å². The summed E-state index contributed by atoms with van der Waals surface area (Å²) in [5.74, 6) is -1.14. The molecule has 2 aromatic carbocycles. The molecule has 0 amide bonds. The van der Waals surface area contributed by atoms with Crippen molar-refractivity contribution in [1.82, 2.24) is 0 Å². The molecule has 0 saturated carbocycles. The molecular formula is C14H14BrNO3. The van der Waals surface area contributed by atoms with E-state index in [0.717, 1.165) is 15.7 Å². The summed E-state index contributed by atoms with van der Waals surface area (Å²) in [4.78, 5) is 0. The van der Waals surface area contributed by atoms with Crippen molar-refractivity contribution < 1.29 is 15.3 Å². The summed E-state index contributed by atoms with van der Waals surface area (Å²) in [6.07, 6.45) is 0. The first-order valence-corrected chi connectivity index (χ1v) is 6.51. The Kier molecular flexibility index (Phi) is 3.85. The summed E-state index contributed by atoms with van der Waals surface area (Å²) in [5, 5.41) is 31.5. The van der Waals surface area contributed by atoms with Gasteiger partial charge in [0.1, 0.15) is 0 Å². The van der Waals surface area contributed by atoms with E-state index in [1.54, 1.807) is 6.07 Å². The van der Waals surface area contributed by atoms with Crippen LogP contribution in [0.1, 0.15) is 11.1 Å². The van der Waals surface area contributed by atoms with Gasteiger partial charge in [-0.25, -0.2) is 0 Å². The van der Waals surface area contributed by atoms with Crippen LogP contribution in [0, 0.1) is 6.92 Å². The Hall–Kier alpha value is -1.88. The minimum absolute atomic E-state index is 0.310. The Morgan fingerprint density at radius 2 is 1.79 bits per heavy atom. The third kappa shape index (κ3) is 2.93. The number of phenols is 3. The Bertz CT molecular complexity index is 614. The summed E-state index contributed by atoms with van der Waals surface area (Å²) >= 11 is 3.45. The van der Waals surface area contributed by atoms with Crippen LogP contribution in [0.25, 0.3) is 0 Å². The summed E-state index contributed by atoms with van der Waals surface area (Å²) < 4.78 is 0.926. The highest BCUT2D eigenvalue weighted by molar-refractivity contribution is 9.10. The molecule has 19 heavy (non-hydrogen) atoms. The van der Waals surface area contributed by atoms with Gasteiger partial charge in [-0.15, -0.1) is 0 Å². The zero-order valence-corrected chi connectivity index (χ0v) is 11.9. The first-order valence-electron chi connectivity index (χ1n) is 5.72. The highest BCUT2D eigenvalue weighted by Gasteiger charge is 2.11. The maximum atomic E-state index is 9.71. The number of phenolic OH excluding ortho intramolecular Hbond substituents is 3. The van der Waals surface area contributed by atoms with E-state index >= 15 is 0 Å². The van der Waals surface area contributed by atoms with Crippen molar-refractivity contribution in [3.8, 4) is 17.2 Å². The second-order valence-corrected chi connectivity index (χ2v) is 5.13. The predicted octanol–water partition coefficient (Wildman–Crippen LogP) is 3.49. The molecule has 0 aliphatic carbocycles. The molecule has 5 heteroatoms. The van der Waals surface area contributed by atoms with Crippen molar-refractivity contribution in [3.63, 3.8) is 0 Å². The molecule has 0 aliphatic heterocycles. The van der Waals surface area contributed by atoms with E-state index in [0.29, 0.717) is 12.1 Å². The van der Waals surface area contributed by atoms with Gasteiger partial charge in [-0.2, -0.15) is 0 Å². The van der Waals surface area contributed by atoms with Crippen LogP contribution in [0.5, 0.6) is 17.2 Å². The average Bonchev–Trinajstić information content (AvgIpc) is 2.37. The molecule has 100 valence electrons. The van der Waals surface area contributed by atoms with Gasteiger partial charge in [0, 0.05) is 22.3 Å². The highest BCUT2D eigenvalue weighted by Crippen LogP contribution is 2.37. The van der Waals surface area contributed by atoms with E-state index in [2.05, 4.69) is 21.2 Å². The largest absolute Gasteiger partial charge is 0.504 e. The fourth-order valence-corrected chi connectivity index (χ4v) is 2.34. The lowest BCUT2D eigenvalue weighted by molar-refractivity contribution is 0.365. The normalized spacial score (nSPS) is 10.4. The molecule has 2 aromatic rings. The third-order valence-corrected chi connectivity index (χ3v) is 3.46.